The Morgan fingerprint density at radius 2 is 2.12 bits per heavy atom. The zero-order chi connectivity index (χ0) is 11.7. The molecule has 6 nitrogen and oxygen atoms in total. The van der Waals surface area contributed by atoms with Gasteiger partial charge in [0.15, 0.2) is 17.4 Å². The van der Waals surface area contributed by atoms with Gasteiger partial charge in [0, 0.05) is 5.56 Å². The Morgan fingerprint density at radius 1 is 1.38 bits per heavy atom. The summed E-state index contributed by atoms with van der Waals surface area (Å²) < 4.78 is 19.1. The maximum atomic E-state index is 13.2. The lowest BCUT2D eigenvalue weighted by Crippen LogP contribution is -2.13. The van der Waals surface area contributed by atoms with Crippen molar-refractivity contribution < 1.29 is 9.13 Å². The molecule has 0 aliphatic heterocycles. The van der Waals surface area contributed by atoms with Crippen molar-refractivity contribution in [1.82, 2.24) is 14.9 Å². The SMILES string of the molecule is COc1cc(-c2nnc(N)n2N)ccc1F. The number of rotatable bonds is 2. The first kappa shape index (κ1) is 10.2. The third-order valence-electron chi connectivity index (χ3n) is 2.13. The first-order valence-electron chi connectivity index (χ1n) is 4.43. The van der Waals surface area contributed by atoms with Crippen LogP contribution < -0.4 is 16.3 Å². The van der Waals surface area contributed by atoms with Gasteiger partial charge in [0.2, 0.25) is 5.95 Å². The maximum Gasteiger partial charge on any atom is 0.241 e. The van der Waals surface area contributed by atoms with E-state index >= 15 is 0 Å². The molecule has 0 aliphatic carbocycles. The number of nitrogens with zero attached hydrogens (tertiary/aromatic N) is 3. The molecule has 0 aliphatic rings. The highest BCUT2D eigenvalue weighted by Gasteiger charge is 2.11. The quantitative estimate of drug-likeness (QED) is 0.718. The van der Waals surface area contributed by atoms with Crippen molar-refractivity contribution in [3.63, 3.8) is 0 Å². The molecule has 1 aromatic heterocycles. The number of nitrogen functional groups attached to an aromatic ring is 2. The van der Waals surface area contributed by atoms with Gasteiger partial charge in [0.05, 0.1) is 7.11 Å². The second kappa shape index (κ2) is 3.69. The van der Waals surface area contributed by atoms with Crippen LogP contribution in [0.5, 0.6) is 5.75 Å². The smallest absolute Gasteiger partial charge is 0.241 e. The highest BCUT2D eigenvalue weighted by Crippen LogP contribution is 2.24. The van der Waals surface area contributed by atoms with Crippen LogP contribution in [0.4, 0.5) is 10.3 Å². The highest BCUT2D eigenvalue weighted by atomic mass is 19.1. The summed E-state index contributed by atoms with van der Waals surface area (Å²) in [6, 6.07) is 4.26. The lowest BCUT2D eigenvalue weighted by Gasteiger charge is -2.05. The van der Waals surface area contributed by atoms with Gasteiger partial charge in [-0.2, -0.15) is 0 Å². The summed E-state index contributed by atoms with van der Waals surface area (Å²) >= 11 is 0. The van der Waals surface area contributed by atoms with E-state index in [1.165, 1.54) is 25.3 Å². The Bertz CT molecular complexity index is 525. The van der Waals surface area contributed by atoms with E-state index in [4.69, 9.17) is 16.3 Å². The second-order valence-corrected chi connectivity index (χ2v) is 3.10. The molecule has 0 amide bonds. The van der Waals surface area contributed by atoms with Gasteiger partial charge in [-0.1, -0.05) is 0 Å². The molecule has 0 radical (unpaired) electrons. The average molecular weight is 223 g/mol. The Hall–Kier alpha value is -2.31. The fourth-order valence-electron chi connectivity index (χ4n) is 1.30. The summed E-state index contributed by atoms with van der Waals surface area (Å²) in [5.74, 6) is 5.68. The minimum Gasteiger partial charge on any atom is -0.494 e. The van der Waals surface area contributed by atoms with E-state index in [1.807, 2.05) is 0 Å². The molecular weight excluding hydrogens is 213 g/mol. The third kappa shape index (κ3) is 1.52. The molecule has 2 aromatic rings. The predicted molar refractivity (Wildman–Crippen MR) is 56.5 cm³/mol. The molecule has 0 fully saturated rings. The van der Waals surface area contributed by atoms with Crippen molar-refractivity contribution in [2.75, 3.05) is 18.7 Å². The molecule has 0 unspecified atom stereocenters. The number of hydrogen-bond acceptors (Lipinski definition) is 5. The van der Waals surface area contributed by atoms with Crippen molar-refractivity contribution >= 4 is 5.95 Å². The second-order valence-electron chi connectivity index (χ2n) is 3.10. The molecule has 16 heavy (non-hydrogen) atoms. The van der Waals surface area contributed by atoms with E-state index in [9.17, 15) is 4.39 Å². The van der Waals surface area contributed by atoms with E-state index < -0.39 is 5.82 Å². The van der Waals surface area contributed by atoms with Crippen LogP contribution in [0.3, 0.4) is 0 Å². The molecule has 0 saturated carbocycles. The van der Waals surface area contributed by atoms with Crippen molar-refractivity contribution in [3.05, 3.63) is 24.0 Å². The lowest BCUT2D eigenvalue weighted by molar-refractivity contribution is 0.386. The molecule has 0 saturated heterocycles. The third-order valence-corrected chi connectivity index (χ3v) is 2.13. The van der Waals surface area contributed by atoms with E-state index in [2.05, 4.69) is 10.2 Å². The molecular formula is C9H10FN5O. The largest absolute Gasteiger partial charge is 0.494 e. The number of benzene rings is 1. The highest BCUT2D eigenvalue weighted by molar-refractivity contribution is 5.59. The molecule has 1 heterocycles. The van der Waals surface area contributed by atoms with Crippen LogP contribution in [0.2, 0.25) is 0 Å². The molecule has 2 rings (SSSR count). The van der Waals surface area contributed by atoms with Gasteiger partial charge in [0.25, 0.3) is 0 Å². The zero-order valence-corrected chi connectivity index (χ0v) is 8.51. The summed E-state index contributed by atoms with van der Waals surface area (Å²) in [4.78, 5) is 0. The summed E-state index contributed by atoms with van der Waals surface area (Å²) in [5, 5.41) is 7.38. The first-order chi connectivity index (χ1) is 7.63. The van der Waals surface area contributed by atoms with E-state index in [0.717, 1.165) is 4.68 Å². The monoisotopic (exact) mass is 223 g/mol. The van der Waals surface area contributed by atoms with Gasteiger partial charge in [-0.05, 0) is 18.2 Å². The van der Waals surface area contributed by atoms with E-state index in [-0.39, 0.29) is 11.7 Å². The molecule has 7 heteroatoms. The molecule has 84 valence electrons. The van der Waals surface area contributed by atoms with Crippen LogP contribution in [0.25, 0.3) is 11.4 Å². The van der Waals surface area contributed by atoms with Gasteiger partial charge in [-0.25, -0.2) is 9.07 Å². The lowest BCUT2D eigenvalue weighted by atomic mass is 10.2. The Balaban J connectivity index is 2.52. The van der Waals surface area contributed by atoms with Crippen molar-refractivity contribution in [1.29, 1.82) is 0 Å². The van der Waals surface area contributed by atoms with E-state index in [1.54, 1.807) is 0 Å². The van der Waals surface area contributed by atoms with Gasteiger partial charge < -0.3 is 16.3 Å². The minimum atomic E-state index is -0.456. The van der Waals surface area contributed by atoms with Crippen molar-refractivity contribution in [2.24, 2.45) is 0 Å². The number of anilines is 1. The Labute approximate surface area is 90.6 Å². The summed E-state index contributed by atoms with van der Waals surface area (Å²) in [6.45, 7) is 0. The molecule has 1 aromatic carbocycles. The van der Waals surface area contributed by atoms with Gasteiger partial charge >= 0.3 is 0 Å². The first-order valence-corrected chi connectivity index (χ1v) is 4.43. The Morgan fingerprint density at radius 3 is 2.69 bits per heavy atom. The van der Waals surface area contributed by atoms with Crippen LogP contribution in [-0.4, -0.2) is 22.0 Å². The van der Waals surface area contributed by atoms with Gasteiger partial charge in [-0.15, -0.1) is 10.2 Å². The van der Waals surface area contributed by atoms with Crippen LogP contribution in [0, 0.1) is 5.82 Å². The summed E-state index contributed by atoms with van der Waals surface area (Å²) in [6.07, 6.45) is 0. The predicted octanol–water partition coefficient (Wildman–Crippen LogP) is 0.389. The topological polar surface area (TPSA) is 92.0 Å². The average Bonchev–Trinajstić information content (AvgIpc) is 2.61. The standard InChI is InChI=1S/C9H10FN5O/c1-16-7-4-5(2-3-6(7)10)8-13-14-9(11)15(8)12/h2-4H,12H2,1H3,(H2,11,14). The molecule has 0 bridgehead atoms. The minimum absolute atomic E-state index is 0.0818. The fraction of sp³-hybridized carbons (Fsp3) is 0.111. The van der Waals surface area contributed by atoms with Crippen LogP contribution in [-0.2, 0) is 0 Å². The number of halogens is 1. The van der Waals surface area contributed by atoms with Crippen LogP contribution in [0.1, 0.15) is 0 Å². The van der Waals surface area contributed by atoms with Gasteiger partial charge in [-0.3, -0.25) is 0 Å². The number of hydrogen-bond donors (Lipinski definition) is 2. The fourth-order valence-corrected chi connectivity index (χ4v) is 1.30. The summed E-state index contributed by atoms with van der Waals surface area (Å²) in [5.41, 5.74) is 6.01. The van der Waals surface area contributed by atoms with Crippen LogP contribution >= 0.6 is 0 Å². The van der Waals surface area contributed by atoms with Gasteiger partial charge in [0.1, 0.15) is 0 Å². The zero-order valence-electron chi connectivity index (χ0n) is 8.51. The maximum absolute atomic E-state index is 13.2. The molecule has 0 atom stereocenters. The van der Waals surface area contributed by atoms with E-state index in [0.29, 0.717) is 11.4 Å². The number of aromatic nitrogens is 3. The Kier molecular flexibility index (Phi) is 2.35. The van der Waals surface area contributed by atoms with Crippen molar-refractivity contribution in [2.45, 2.75) is 0 Å². The number of nitrogens with two attached hydrogens (primary N) is 2. The number of ether oxygens (including phenoxy) is 1. The molecule has 0 spiro atoms. The number of methoxy groups -OCH3 is 1. The van der Waals surface area contributed by atoms with Crippen molar-refractivity contribution in [3.8, 4) is 17.1 Å². The molecule has 4 N–H and O–H groups in total. The van der Waals surface area contributed by atoms with Crippen LogP contribution in [0.15, 0.2) is 18.2 Å². The normalized spacial score (nSPS) is 10.4. The summed E-state index contributed by atoms with van der Waals surface area (Å²) in [7, 11) is 1.38.